The summed E-state index contributed by atoms with van der Waals surface area (Å²) in [6, 6.07) is 11.8. The number of nitriles is 1. The van der Waals surface area contributed by atoms with E-state index >= 15 is 0 Å². The molecule has 0 unspecified atom stereocenters. The molecule has 1 amide bonds. The summed E-state index contributed by atoms with van der Waals surface area (Å²) < 4.78 is 5.20. The molecule has 0 radical (unpaired) electrons. The fraction of sp³-hybridized carbons (Fsp3) is 0.500. The molecular formula is C16H20N2O2. The van der Waals surface area contributed by atoms with Crippen LogP contribution in [0.3, 0.4) is 0 Å². The Hall–Kier alpha value is -2.02. The topological polar surface area (TPSA) is 62.1 Å². The fourth-order valence-electron chi connectivity index (χ4n) is 2.55. The van der Waals surface area contributed by atoms with Gasteiger partial charge in [0.25, 0.3) is 0 Å². The van der Waals surface area contributed by atoms with Crippen molar-refractivity contribution in [2.24, 2.45) is 0 Å². The lowest BCUT2D eigenvalue weighted by Crippen LogP contribution is -2.47. The van der Waals surface area contributed by atoms with Gasteiger partial charge in [0.1, 0.15) is 12.1 Å². The molecule has 0 aliphatic heterocycles. The molecule has 1 aromatic carbocycles. The van der Waals surface area contributed by atoms with Gasteiger partial charge in [-0.2, -0.15) is 5.26 Å². The zero-order valence-electron chi connectivity index (χ0n) is 11.6. The van der Waals surface area contributed by atoms with Crippen molar-refractivity contribution in [3.63, 3.8) is 0 Å². The first-order chi connectivity index (χ1) is 9.74. The molecule has 106 valence electrons. The summed E-state index contributed by atoms with van der Waals surface area (Å²) in [7, 11) is 0. The van der Waals surface area contributed by atoms with Gasteiger partial charge in [0, 0.05) is 0 Å². The Morgan fingerprint density at radius 2 is 1.85 bits per heavy atom. The van der Waals surface area contributed by atoms with Gasteiger partial charge in [-0.25, -0.2) is 4.79 Å². The minimum absolute atomic E-state index is 0.230. The summed E-state index contributed by atoms with van der Waals surface area (Å²) in [5.41, 5.74) is 0.194. The van der Waals surface area contributed by atoms with E-state index in [9.17, 15) is 10.1 Å². The average molecular weight is 272 g/mol. The zero-order valence-corrected chi connectivity index (χ0v) is 11.6. The molecule has 1 aliphatic rings. The number of nitrogens with zero attached hydrogens (tertiary/aromatic N) is 1. The molecule has 1 fully saturated rings. The van der Waals surface area contributed by atoms with Crippen molar-refractivity contribution in [1.82, 2.24) is 5.32 Å². The van der Waals surface area contributed by atoms with E-state index in [2.05, 4.69) is 11.4 Å². The maximum absolute atomic E-state index is 11.9. The van der Waals surface area contributed by atoms with Crippen LogP contribution in [0.25, 0.3) is 0 Å². The molecule has 0 spiro atoms. The number of hydrogen-bond acceptors (Lipinski definition) is 3. The summed E-state index contributed by atoms with van der Waals surface area (Å²) in [5, 5.41) is 12.2. The van der Waals surface area contributed by atoms with Gasteiger partial charge < -0.3 is 10.1 Å². The molecule has 1 saturated carbocycles. The second-order valence-corrected chi connectivity index (χ2v) is 5.29. The van der Waals surface area contributed by atoms with Crippen LogP contribution in [0.1, 0.15) is 44.1 Å². The number of carbonyl (C=O) groups excluding carboxylic acids is 1. The number of amides is 1. The summed E-state index contributed by atoms with van der Waals surface area (Å²) in [5.74, 6) is 0. The van der Waals surface area contributed by atoms with E-state index in [1.54, 1.807) is 0 Å². The molecule has 2 rings (SSSR count). The standard InChI is InChI=1S/C16H20N2O2/c17-13-16(10-6-1-2-7-11-16)18-15(19)20-12-14-8-4-3-5-9-14/h3-5,8-9H,1-2,6-7,10-12H2,(H,18,19). The van der Waals surface area contributed by atoms with Gasteiger partial charge in [-0.1, -0.05) is 56.0 Å². The van der Waals surface area contributed by atoms with Crippen LogP contribution in [0.15, 0.2) is 30.3 Å². The Kier molecular flexibility index (Phi) is 5.00. The van der Waals surface area contributed by atoms with Gasteiger partial charge in [-0.3, -0.25) is 0 Å². The molecule has 0 bridgehead atoms. The van der Waals surface area contributed by atoms with Crippen LogP contribution in [-0.2, 0) is 11.3 Å². The molecule has 1 aliphatic carbocycles. The normalized spacial score (nSPS) is 17.6. The van der Waals surface area contributed by atoms with E-state index in [4.69, 9.17) is 4.74 Å². The maximum Gasteiger partial charge on any atom is 0.408 e. The Bertz CT molecular complexity index is 471. The van der Waals surface area contributed by atoms with Gasteiger partial charge in [0.05, 0.1) is 6.07 Å². The monoisotopic (exact) mass is 272 g/mol. The minimum atomic E-state index is -0.746. The highest BCUT2D eigenvalue weighted by molar-refractivity contribution is 5.69. The predicted octanol–water partition coefficient (Wildman–Crippen LogP) is 3.53. The van der Waals surface area contributed by atoms with Gasteiger partial charge in [0.2, 0.25) is 0 Å². The van der Waals surface area contributed by atoms with E-state index in [1.807, 2.05) is 30.3 Å². The number of nitrogens with one attached hydrogen (secondary N) is 1. The first kappa shape index (κ1) is 14.4. The third kappa shape index (κ3) is 3.99. The van der Waals surface area contributed by atoms with E-state index in [-0.39, 0.29) is 6.61 Å². The number of hydrogen-bond donors (Lipinski definition) is 1. The second-order valence-electron chi connectivity index (χ2n) is 5.29. The van der Waals surface area contributed by atoms with Crippen LogP contribution >= 0.6 is 0 Å². The second kappa shape index (κ2) is 6.95. The lowest BCUT2D eigenvalue weighted by molar-refractivity contribution is 0.129. The van der Waals surface area contributed by atoms with E-state index in [0.717, 1.165) is 31.2 Å². The summed E-state index contributed by atoms with van der Waals surface area (Å²) in [4.78, 5) is 11.9. The quantitative estimate of drug-likeness (QED) is 0.856. The third-order valence-corrected chi connectivity index (χ3v) is 3.73. The molecule has 0 saturated heterocycles. The molecule has 0 heterocycles. The molecular weight excluding hydrogens is 252 g/mol. The Balaban J connectivity index is 1.87. The van der Waals surface area contributed by atoms with E-state index < -0.39 is 11.6 Å². The summed E-state index contributed by atoms with van der Waals surface area (Å²) in [6.45, 7) is 0.230. The van der Waals surface area contributed by atoms with Gasteiger partial charge in [-0.15, -0.1) is 0 Å². The molecule has 0 atom stereocenters. The van der Waals surface area contributed by atoms with Crippen molar-refractivity contribution in [2.75, 3.05) is 0 Å². The maximum atomic E-state index is 11.9. The minimum Gasteiger partial charge on any atom is -0.445 e. The van der Waals surface area contributed by atoms with Crippen molar-refractivity contribution >= 4 is 6.09 Å². The van der Waals surface area contributed by atoms with Gasteiger partial charge in [-0.05, 0) is 18.4 Å². The first-order valence-electron chi connectivity index (χ1n) is 7.14. The smallest absolute Gasteiger partial charge is 0.408 e. The van der Waals surface area contributed by atoms with E-state index in [0.29, 0.717) is 12.8 Å². The van der Waals surface area contributed by atoms with Gasteiger partial charge >= 0.3 is 6.09 Å². The number of carbonyl (C=O) groups is 1. The number of benzene rings is 1. The highest BCUT2D eigenvalue weighted by Gasteiger charge is 2.33. The fourth-order valence-corrected chi connectivity index (χ4v) is 2.55. The lowest BCUT2D eigenvalue weighted by atomic mass is 9.92. The molecule has 0 aromatic heterocycles. The summed E-state index contributed by atoms with van der Waals surface area (Å²) in [6.07, 6.45) is 5.14. The molecule has 20 heavy (non-hydrogen) atoms. The van der Waals surface area contributed by atoms with Crippen molar-refractivity contribution in [2.45, 2.75) is 50.7 Å². The largest absolute Gasteiger partial charge is 0.445 e. The third-order valence-electron chi connectivity index (χ3n) is 3.73. The molecule has 1 aromatic rings. The van der Waals surface area contributed by atoms with Crippen LogP contribution < -0.4 is 5.32 Å². The van der Waals surface area contributed by atoms with Crippen molar-refractivity contribution < 1.29 is 9.53 Å². The average Bonchev–Trinajstić information content (AvgIpc) is 2.72. The van der Waals surface area contributed by atoms with E-state index in [1.165, 1.54) is 0 Å². The lowest BCUT2D eigenvalue weighted by Gasteiger charge is -2.25. The van der Waals surface area contributed by atoms with Crippen LogP contribution in [-0.4, -0.2) is 11.6 Å². The Morgan fingerprint density at radius 3 is 2.45 bits per heavy atom. The predicted molar refractivity (Wildman–Crippen MR) is 75.8 cm³/mol. The zero-order chi connectivity index (χ0) is 14.3. The number of rotatable bonds is 3. The highest BCUT2D eigenvalue weighted by Crippen LogP contribution is 2.26. The Morgan fingerprint density at radius 1 is 1.20 bits per heavy atom. The van der Waals surface area contributed by atoms with Crippen LogP contribution in [0, 0.1) is 11.3 Å². The molecule has 1 N–H and O–H groups in total. The van der Waals surface area contributed by atoms with Crippen molar-refractivity contribution in [3.05, 3.63) is 35.9 Å². The first-order valence-corrected chi connectivity index (χ1v) is 7.14. The van der Waals surface area contributed by atoms with Gasteiger partial charge in [0.15, 0.2) is 0 Å². The number of alkyl carbamates (subject to hydrolysis) is 1. The van der Waals surface area contributed by atoms with Crippen molar-refractivity contribution in [1.29, 1.82) is 5.26 Å². The van der Waals surface area contributed by atoms with Crippen LogP contribution in [0.2, 0.25) is 0 Å². The highest BCUT2D eigenvalue weighted by atomic mass is 16.5. The van der Waals surface area contributed by atoms with Crippen LogP contribution in [0.5, 0.6) is 0 Å². The Labute approximate surface area is 119 Å². The van der Waals surface area contributed by atoms with Crippen molar-refractivity contribution in [3.8, 4) is 6.07 Å². The van der Waals surface area contributed by atoms with Crippen LogP contribution in [0.4, 0.5) is 4.79 Å². The SMILES string of the molecule is N#CC1(NC(=O)OCc2ccccc2)CCCCCC1. The summed E-state index contributed by atoms with van der Waals surface area (Å²) >= 11 is 0. The number of ether oxygens (including phenoxy) is 1. The molecule has 4 heteroatoms. The molecule has 4 nitrogen and oxygen atoms in total.